The van der Waals surface area contributed by atoms with Gasteiger partial charge in [-0.1, -0.05) is 44.2 Å². The van der Waals surface area contributed by atoms with Gasteiger partial charge in [-0.2, -0.15) is 0 Å². The third kappa shape index (κ3) is 3.60. The fourth-order valence-corrected chi connectivity index (χ4v) is 3.03. The SMILES string of the molecule is CC(C)CC(C)(CN)NC(=O)C1CC1c1ccccc1. The third-order valence-corrected chi connectivity index (χ3v) is 4.09. The summed E-state index contributed by atoms with van der Waals surface area (Å²) in [5.74, 6) is 1.19. The van der Waals surface area contributed by atoms with Crippen molar-refractivity contribution in [2.24, 2.45) is 17.6 Å². The summed E-state index contributed by atoms with van der Waals surface area (Å²) in [6.07, 6.45) is 1.87. The van der Waals surface area contributed by atoms with Crippen molar-refractivity contribution >= 4 is 5.91 Å². The smallest absolute Gasteiger partial charge is 0.224 e. The number of nitrogens with two attached hydrogens (primary N) is 1. The lowest BCUT2D eigenvalue weighted by Gasteiger charge is -2.31. The van der Waals surface area contributed by atoms with Crippen molar-refractivity contribution in [2.75, 3.05) is 6.54 Å². The first-order valence-corrected chi connectivity index (χ1v) is 7.52. The minimum Gasteiger partial charge on any atom is -0.349 e. The van der Waals surface area contributed by atoms with Gasteiger partial charge in [-0.3, -0.25) is 4.79 Å². The lowest BCUT2D eigenvalue weighted by Crippen LogP contribution is -2.52. The van der Waals surface area contributed by atoms with Gasteiger partial charge in [-0.25, -0.2) is 0 Å². The van der Waals surface area contributed by atoms with E-state index in [1.54, 1.807) is 0 Å². The highest BCUT2D eigenvalue weighted by molar-refractivity contribution is 5.83. The summed E-state index contributed by atoms with van der Waals surface area (Å²) in [6.45, 7) is 6.85. The minimum atomic E-state index is -0.283. The molecule has 3 N–H and O–H groups in total. The summed E-state index contributed by atoms with van der Waals surface area (Å²) in [6, 6.07) is 10.3. The molecule has 0 saturated heterocycles. The molecule has 0 spiro atoms. The molecule has 3 atom stereocenters. The molecule has 110 valence electrons. The minimum absolute atomic E-state index is 0.121. The molecule has 20 heavy (non-hydrogen) atoms. The van der Waals surface area contributed by atoms with E-state index in [4.69, 9.17) is 5.73 Å². The van der Waals surface area contributed by atoms with Crippen LogP contribution in [0.15, 0.2) is 30.3 Å². The van der Waals surface area contributed by atoms with Gasteiger partial charge in [0, 0.05) is 18.0 Å². The van der Waals surface area contributed by atoms with E-state index >= 15 is 0 Å². The Hall–Kier alpha value is -1.35. The molecule has 1 fully saturated rings. The number of amides is 1. The molecule has 0 radical (unpaired) electrons. The fourth-order valence-electron chi connectivity index (χ4n) is 3.03. The second-order valence-electron chi connectivity index (χ2n) is 6.71. The van der Waals surface area contributed by atoms with Crippen LogP contribution in [0.5, 0.6) is 0 Å². The topological polar surface area (TPSA) is 55.1 Å². The van der Waals surface area contributed by atoms with E-state index in [0.717, 1.165) is 12.8 Å². The maximum atomic E-state index is 12.4. The number of nitrogens with one attached hydrogen (secondary N) is 1. The molecule has 1 aromatic rings. The van der Waals surface area contributed by atoms with Crippen LogP contribution < -0.4 is 11.1 Å². The Morgan fingerprint density at radius 1 is 1.40 bits per heavy atom. The molecule has 0 heterocycles. The number of carbonyl (C=O) groups excluding carboxylic acids is 1. The van der Waals surface area contributed by atoms with E-state index in [1.165, 1.54) is 5.56 Å². The molecule has 3 nitrogen and oxygen atoms in total. The molecule has 1 saturated carbocycles. The molecule has 3 unspecified atom stereocenters. The van der Waals surface area contributed by atoms with Gasteiger partial charge in [-0.15, -0.1) is 0 Å². The zero-order valence-electron chi connectivity index (χ0n) is 12.7. The number of benzene rings is 1. The van der Waals surface area contributed by atoms with E-state index in [-0.39, 0.29) is 17.4 Å². The van der Waals surface area contributed by atoms with Gasteiger partial charge in [-0.05, 0) is 37.2 Å². The molecule has 1 aliphatic carbocycles. The van der Waals surface area contributed by atoms with Crippen LogP contribution in [0.25, 0.3) is 0 Å². The zero-order chi connectivity index (χ0) is 14.8. The van der Waals surface area contributed by atoms with Crippen LogP contribution >= 0.6 is 0 Å². The summed E-state index contributed by atoms with van der Waals surface area (Å²) < 4.78 is 0. The molecular formula is C17H26N2O. The van der Waals surface area contributed by atoms with Crippen LogP contribution in [0, 0.1) is 11.8 Å². The highest BCUT2D eigenvalue weighted by Gasteiger charge is 2.45. The van der Waals surface area contributed by atoms with Crippen LogP contribution in [0.3, 0.4) is 0 Å². The zero-order valence-corrected chi connectivity index (χ0v) is 12.7. The third-order valence-electron chi connectivity index (χ3n) is 4.09. The number of hydrogen-bond donors (Lipinski definition) is 2. The Morgan fingerprint density at radius 2 is 2.05 bits per heavy atom. The monoisotopic (exact) mass is 274 g/mol. The van der Waals surface area contributed by atoms with Crippen LogP contribution in [0.4, 0.5) is 0 Å². The highest BCUT2D eigenvalue weighted by Crippen LogP contribution is 2.47. The molecule has 0 bridgehead atoms. The first-order valence-electron chi connectivity index (χ1n) is 7.52. The Morgan fingerprint density at radius 3 is 2.60 bits per heavy atom. The predicted octanol–water partition coefficient (Wildman–Crippen LogP) is 2.67. The van der Waals surface area contributed by atoms with Gasteiger partial charge >= 0.3 is 0 Å². The van der Waals surface area contributed by atoms with Gasteiger partial charge in [0.15, 0.2) is 0 Å². The van der Waals surface area contributed by atoms with Gasteiger partial charge in [0.1, 0.15) is 0 Å². The van der Waals surface area contributed by atoms with Crippen molar-refractivity contribution in [1.29, 1.82) is 0 Å². The number of hydrogen-bond acceptors (Lipinski definition) is 2. The molecule has 0 aromatic heterocycles. The van der Waals surface area contributed by atoms with Crippen molar-refractivity contribution in [3.05, 3.63) is 35.9 Å². The normalized spacial score (nSPS) is 24.2. The van der Waals surface area contributed by atoms with Crippen molar-refractivity contribution in [3.8, 4) is 0 Å². The predicted molar refractivity (Wildman–Crippen MR) is 82.3 cm³/mol. The Labute approximate surface area is 121 Å². The molecule has 2 rings (SSSR count). The Bertz CT molecular complexity index is 457. The van der Waals surface area contributed by atoms with Crippen molar-refractivity contribution in [3.63, 3.8) is 0 Å². The molecular weight excluding hydrogens is 248 g/mol. The lowest BCUT2D eigenvalue weighted by molar-refractivity contribution is -0.124. The quantitative estimate of drug-likeness (QED) is 0.838. The lowest BCUT2D eigenvalue weighted by atomic mass is 9.90. The van der Waals surface area contributed by atoms with Crippen molar-refractivity contribution in [1.82, 2.24) is 5.32 Å². The van der Waals surface area contributed by atoms with Gasteiger partial charge in [0.25, 0.3) is 0 Å². The fraction of sp³-hybridized carbons (Fsp3) is 0.588. The van der Waals surface area contributed by atoms with Crippen molar-refractivity contribution < 1.29 is 4.79 Å². The summed E-state index contributed by atoms with van der Waals surface area (Å²) in [5, 5.41) is 3.17. The summed E-state index contributed by atoms with van der Waals surface area (Å²) in [4.78, 5) is 12.4. The van der Waals surface area contributed by atoms with E-state index in [9.17, 15) is 4.79 Å². The summed E-state index contributed by atoms with van der Waals surface area (Å²) in [7, 11) is 0. The highest BCUT2D eigenvalue weighted by atomic mass is 16.2. The van der Waals surface area contributed by atoms with Crippen molar-refractivity contribution in [2.45, 2.75) is 45.1 Å². The van der Waals surface area contributed by atoms with Crippen LogP contribution in [-0.4, -0.2) is 18.0 Å². The molecule has 0 aliphatic heterocycles. The van der Waals surface area contributed by atoms with E-state index in [2.05, 4.69) is 31.3 Å². The van der Waals surface area contributed by atoms with Gasteiger partial charge < -0.3 is 11.1 Å². The maximum absolute atomic E-state index is 12.4. The largest absolute Gasteiger partial charge is 0.349 e. The standard InChI is InChI=1S/C17H26N2O/c1-12(2)10-17(3,11-18)19-16(20)15-9-14(15)13-7-5-4-6-8-13/h4-8,12,14-15H,9-11,18H2,1-3H3,(H,19,20). The van der Waals surface area contributed by atoms with Gasteiger partial charge in [0.05, 0.1) is 0 Å². The molecule has 1 amide bonds. The average molecular weight is 274 g/mol. The number of carbonyl (C=O) groups is 1. The van der Waals surface area contributed by atoms with Crippen LogP contribution in [-0.2, 0) is 4.79 Å². The molecule has 1 aromatic carbocycles. The number of rotatable bonds is 6. The Balaban J connectivity index is 1.93. The average Bonchev–Trinajstić information content (AvgIpc) is 3.19. The molecule has 3 heteroatoms. The van der Waals surface area contributed by atoms with Crippen LogP contribution in [0.1, 0.15) is 45.1 Å². The molecule has 1 aliphatic rings. The van der Waals surface area contributed by atoms with E-state index in [0.29, 0.717) is 18.4 Å². The second-order valence-corrected chi connectivity index (χ2v) is 6.71. The second kappa shape index (κ2) is 5.96. The maximum Gasteiger partial charge on any atom is 0.224 e. The van der Waals surface area contributed by atoms with E-state index in [1.807, 2.05) is 25.1 Å². The van der Waals surface area contributed by atoms with E-state index < -0.39 is 0 Å². The summed E-state index contributed by atoms with van der Waals surface area (Å²) >= 11 is 0. The summed E-state index contributed by atoms with van der Waals surface area (Å²) in [5.41, 5.74) is 6.84. The first kappa shape index (κ1) is 15.0. The Kier molecular flexibility index (Phi) is 4.48. The first-order chi connectivity index (χ1) is 9.45. The van der Waals surface area contributed by atoms with Gasteiger partial charge in [0.2, 0.25) is 5.91 Å². The van der Waals surface area contributed by atoms with Crippen LogP contribution in [0.2, 0.25) is 0 Å².